The minimum absolute atomic E-state index is 0.0533. The molecule has 114 valence electrons. The molecule has 0 atom stereocenters. The van der Waals surface area contributed by atoms with E-state index in [9.17, 15) is 18.0 Å². The van der Waals surface area contributed by atoms with E-state index < -0.39 is 11.7 Å². The number of anilines is 1. The number of hydrogen-bond acceptors (Lipinski definition) is 1. The molecular weight excluding hydrogens is 281 g/mol. The molecule has 0 N–H and O–H groups in total. The fourth-order valence-electron chi connectivity index (χ4n) is 2.88. The van der Waals surface area contributed by atoms with Crippen molar-refractivity contribution in [2.45, 2.75) is 51.5 Å². The number of benzene rings is 1. The van der Waals surface area contributed by atoms with Crippen LogP contribution in [0.2, 0.25) is 0 Å². The predicted molar refractivity (Wildman–Crippen MR) is 73.0 cm³/mol. The highest BCUT2D eigenvalue weighted by Gasteiger charge is 2.44. The number of urea groups is 1. The Balaban J connectivity index is 2.13. The number of rotatable bonds is 2. The molecule has 1 saturated carbocycles. The first-order valence-corrected chi connectivity index (χ1v) is 7.09. The van der Waals surface area contributed by atoms with Crippen LogP contribution in [0.1, 0.15) is 37.8 Å². The third-order valence-electron chi connectivity index (χ3n) is 4.00. The first-order chi connectivity index (χ1) is 9.80. The summed E-state index contributed by atoms with van der Waals surface area (Å²) in [6.07, 6.45) is -2.65. The van der Waals surface area contributed by atoms with Crippen LogP contribution >= 0.6 is 0 Å². The Labute approximate surface area is 121 Å². The lowest BCUT2D eigenvalue weighted by Gasteiger charge is -2.40. The van der Waals surface area contributed by atoms with Gasteiger partial charge in [0.25, 0.3) is 0 Å². The summed E-state index contributed by atoms with van der Waals surface area (Å²) >= 11 is 0. The minimum atomic E-state index is -4.40. The Morgan fingerprint density at radius 3 is 2.43 bits per heavy atom. The third-order valence-corrected chi connectivity index (χ3v) is 4.00. The van der Waals surface area contributed by atoms with E-state index in [0.717, 1.165) is 18.9 Å². The molecule has 21 heavy (non-hydrogen) atoms. The molecule has 2 aliphatic rings. The van der Waals surface area contributed by atoms with Gasteiger partial charge < -0.3 is 4.90 Å². The van der Waals surface area contributed by atoms with Crippen LogP contribution in [0, 0.1) is 0 Å². The maximum atomic E-state index is 13.2. The second-order valence-electron chi connectivity index (χ2n) is 5.91. The van der Waals surface area contributed by atoms with Crippen molar-refractivity contribution in [2.75, 3.05) is 4.90 Å². The van der Waals surface area contributed by atoms with E-state index in [1.807, 2.05) is 13.8 Å². The average molecular weight is 298 g/mol. The molecule has 3 rings (SSSR count). The SMILES string of the molecule is CC(C)N1C(=O)N(C2CC2)Cc2c1cccc2C(F)(F)F. The number of amides is 2. The van der Waals surface area contributed by atoms with Crippen LogP contribution in [0.4, 0.5) is 23.7 Å². The van der Waals surface area contributed by atoms with Crippen molar-refractivity contribution in [3.05, 3.63) is 29.3 Å². The Morgan fingerprint density at radius 2 is 1.90 bits per heavy atom. The molecule has 1 aromatic rings. The summed E-state index contributed by atoms with van der Waals surface area (Å²) in [7, 11) is 0. The summed E-state index contributed by atoms with van der Waals surface area (Å²) in [6.45, 7) is 3.69. The average Bonchev–Trinajstić information content (AvgIpc) is 3.19. The lowest BCUT2D eigenvalue weighted by Crippen LogP contribution is -2.51. The summed E-state index contributed by atoms with van der Waals surface area (Å²) in [5, 5.41) is 0. The van der Waals surface area contributed by atoms with Gasteiger partial charge in [-0.2, -0.15) is 13.2 Å². The zero-order valence-corrected chi connectivity index (χ0v) is 11.9. The predicted octanol–water partition coefficient (Wildman–Crippen LogP) is 4.02. The van der Waals surface area contributed by atoms with Crippen LogP contribution in [0.25, 0.3) is 0 Å². The van der Waals surface area contributed by atoms with Gasteiger partial charge in [0.05, 0.1) is 17.8 Å². The van der Waals surface area contributed by atoms with Crippen molar-refractivity contribution < 1.29 is 18.0 Å². The minimum Gasteiger partial charge on any atom is -0.317 e. The highest BCUT2D eigenvalue weighted by Crippen LogP contribution is 2.42. The molecule has 1 heterocycles. The Kier molecular flexibility index (Phi) is 3.15. The molecule has 1 aliphatic heterocycles. The Hall–Kier alpha value is -1.72. The highest BCUT2D eigenvalue weighted by atomic mass is 19.4. The van der Waals surface area contributed by atoms with Crippen LogP contribution < -0.4 is 4.90 Å². The van der Waals surface area contributed by atoms with Gasteiger partial charge in [0, 0.05) is 17.6 Å². The van der Waals surface area contributed by atoms with E-state index in [1.54, 1.807) is 11.0 Å². The van der Waals surface area contributed by atoms with E-state index in [2.05, 4.69) is 0 Å². The molecule has 1 fully saturated rings. The fourth-order valence-corrected chi connectivity index (χ4v) is 2.88. The number of nitrogens with zero attached hydrogens (tertiary/aromatic N) is 2. The summed E-state index contributed by atoms with van der Waals surface area (Å²) in [5.74, 6) is 0. The number of fused-ring (bicyclic) bond motifs is 1. The number of alkyl halides is 3. The van der Waals surface area contributed by atoms with Gasteiger partial charge >= 0.3 is 12.2 Å². The van der Waals surface area contributed by atoms with Crippen LogP contribution in [-0.2, 0) is 12.7 Å². The number of carbonyl (C=O) groups excluding carboxylic acids is 1. The van der Waals surface area contributed by atoms with Crippen molar-refractivity contribution in [2.24, 2.45) is 0 Å². The van der Waals surface area contributed by atoms with Crippen molar-refractivity contribution in [3.8, 4) is 0 Å². The summed E-state index contributed by atoms with van der Waals surface area (Å²) < 4.78 is 39.7. The van der Waals surface area contributed by atoms with Crippen LogP contribution in [0.15, 0.2) is 18.2 Å². The van der Waals surface area contributed by atoms with E-state index in [1.165, 1.54) is 11.0 Å². The summed E-state index contributed by atoms with van der Waals surface area (Å²) in [5.41, 5.74) is -0.0317. The van der Waals surface area contributed by atoms with E-state index in [0.29, 0.717) is 5.69 Å². The van der Waals surface area contributed by atoms with Gasteiger partial charge in [-0.05, 0) is 38.8 Å². The van der Waals surface area contributed by atoms with Gasteiger partial charge in [-0.3, -0.25) is 4.90 Å². The van der Waals surface area contributed by atoms with Crippen LogP contribution in [0.5, 0.6) is 0 Å². The van der Waals surface area contributed by atoms with E-state index in [4.69, 9.17) is 0 Å². The van der Waals surface area contributed by atoms with Crippen molar-refractivity contribution in [1.29, 1.82) is 0 Å². The molecule has 0 saturated heterocycles. The molecule has 0 radical (unpaired) electrons. The lowest BCUT2D eigenvalue weighted by molar-refractivity contribution is -0.138. The zero-order valence-electron chi connectivity index (χ0n) is 11.9. The van der Waals surface area contributed by atoms with Gasteiger partial charge in [0.2, 0.25) is 0 Å². The van der Waals surface area contributed by atoms with Crippen molar-refractivity contribution in [3.63, 3.8) is 0 Å². The molecule has 0 unspecified atom stereocenters. The van der Waals surface area contributed by atoms with Crippen molar-refractivity contribution >= 4 is 11.7 Å². The topological polar surface area (TPSA) is 23.6 Å². The summed E-state index contributed by atoms with van der Waals surface area (Å²) in [4.78, 5) is 15.6. The van der Waals surface area contributed by atoms with Gasteiger partial charge in [-0.25, -0.2) is 4.79 Å². The number of carbonyl (C=O) groups is 1. The summed E-state index contributed by atoms with van der Waals surface area (Å²) in [6, 6.07) is 3.80. The van der Waals surface area contributed by atoms with Gasteiger partial charge in [0.15, 0.2) is 0 Å². The molecule has 1 aromatic carbocycles. The van der Waals surface area contributed by atoms with Crippen molar-refractivity contribution in [1.82, 2.24) is 4.90 Å². The quantitative estimate of drug-likeness (QED) is 0.809. The zero-order chi connectivity index (χ0) is 15.4. The smallest absolute Gasteiger partial charge is 0.317 e. The lowest BCUT2D eigenvalue weighted by atomic mass is 10.00. The first kappa shape index (κ1) is 14.2. The first-order valence-electron chi connectivity index (χ1n) is 7.09. The highest BCUT2D eigenvalue weighted by molar-refractivity contribution is 5.96. The molecule has 6 heteroatoms. The third kappa shape index (κ3) is 2.36. The van der Waals surface area contributed by atoms with Crippen LogP contribution in [0.3, 0.4) is 0 Å². The molecule has 1 aliphatic carbocycles. The van der Waals surface area contributed by atoms with Crippen LogP contribution in [-0.4, -0.2) is 23.0 Å². The van der Waals surface area contributed by atoms with E-state index >= 15 is 0 Å². The Bertz CT molecular complexity index is 579. The molecule has 0 bridgehead atoms. The standard InChI is InChI=1S/C15H17F3N2O/c1-9(2)20-13-5-3-4-12(15(16,17)18)11(13)8-19(14(20)21)10-6-7-10/h3-5,9-10H,6-8H2,1-2H3. The Morgan fingerprint density at radius 1 is 1.24 bits per heavy atom. The number of halogens is 3. The maximum absolute atomic E-state index is 13.2. The van der Waals surface area contributed by atoms with Gasteiger partial charge in [0.1, 0.15) is 0 Å². The van der Waals surface area contributed by atoms with E-state index in [-0.39, 0.29) is 30.2 Å². The molecule has 0 spiro atoms. The largest absolute Gasteiger partial charge is 0.416 e. The second kappa shape index (κ2) is 4.64. The molecule has 3 nitrogen and oxygen atoms in total. The maximum Gasteiger partial charge on any atom is 0.416 e. The second-order valence-corrected chi connectivity index (χ2v) is 5.91. The van der Waals surface area contributed by atoms with Gasteiger partial charge in [-0.15, -0.1) is 0 Å². The normalized spacial score (nSPS) is 19.2. The molecular formula is C15H17F3N2O. The molecule has 2 amide bonds. The monoisotopic (exact) mass is 298 g/mol. The number of hydrogen-bond donors (Lipinski definition) is 0. The van der Waals surface area contributed by atoms with Gasteiger partial charge in [-0.1, -0.05) is 6.07 Å². The molecule has 0 aromatic heterocycles. The fraction of sp³-hybridized carbons (Fsp3) is 0.533.